The summed E-state index contributed by atoms with van der Waals surface area (Å²) in [6, 6.07) is 6.49. The van der Waals surface area contributed by atoms with Gasteiger partial charge in [-0.15, -0.1) is 0 Å². The van der Waals surface area contributed by atoms with Gasteiger partial charge in [0.1, 0.15) is 23.1 Å². The van der Waals surface area contributed by atoms with Crippen LogP contribution in [0, 0.1) is 6.92 Å². The fourth-order valence-electron chi connectivity index (χ4n) is 5.81. The third-order valence-corrected chi connectivity index (χ3v) is 7.59. The number of halogens is 2. The van der Waals surface area contributed by atoms with E-state index in [2.05, 4.69) is 10.3 Å². The zero-order valence-electron chi connectivity index (χ0n) is 20.0. The van der Waals surface area contributed by atoms with Crippen LogP contribution in [-0.4, -0.2) is 28.3 Å². The number of hydrogen-bond donors (Lipinski definition) is 2. The Balaban J connectivity index is 1.46. The van der Waals surface area contributed by atoms with Gasteiger partial charge in [0.05, 0.1) is 29.3 Å². The van der Waals surface area contributed by atoms with Crippen LogP contribution < -0.4 is 14.8 Å². The molecule has 3 aliphatic rings. The molecule has 8 heteroatoms. The molecule has 1 atom stereocenters. The number of rotatable bonds is 4. The van der Waals surface area contributed by atoms with E-state index < -0.39 is 18.1 Å². The molecule has 0 amide bonds. The molecule has 2 aliphatic heterocycles. The lowest BCUT2D eigenvalue weighted by molar-refractivity contribution is -0.0214. The van der Waals surface area contributed by atoms with Crippen LogP contribution in [0.25, 0.3) is 10.9 Å². The van der Waals surface area contributed by atoms with Crippen LogP contribution in [-0.2, 0) is 17.9 Å². The first-order chi connectivity index (χ1) is 16.8. The Morgan fingerprint density at radius 1 is 1.06 bits per heavy atom. The summed E-state index contributed by atoms with van der Waals surface area (Å²) in [6.45, 7) is 3.66. The number of aliphatic hydroxyl groups is 1. The van der Waals surface area contributed by atoms with E-state index in [-0.39, 0.29) is 17.4 Å². The van der Waals surface area contributed by atoms with Crippen LogP contribution in [0.1, 0.15) is 73.1 Å². The predicted molar refractivity (Wildman–Crippen MR) is 128 cm³/mol. The number of alkyl halides is 2. The van der Waals surface area contributed by atoms with Crippen LogP contribution in [0.5, 0.6) is 11.5 Å². The molecule has 0 radical (unpaired) electrons. The van der Waals surface area contributed by atoms with Gasteiger partial charge >= 0.3 is 5.92 Å². The SMILES string of the molecule is Cc1nc(N[C@H](C)c2cccc3c2OCC3(F)F)c2cc(C3(O)CCCCC3)c3c(c2n1)CCO3. The van der Waals surface area contributed by atoms with E-state index in [1.165, 1.54) is 6.07 Å². The van der Waals surface area contributed by atoms with E-state index in [1.807, 2.05) is 19.9 Å². The monoisotopic (exact) mass is 481 g/mol. The molecule has 2 aromatic carbocycles. The highest BCUT2D eigenvalue weighted by Crippen LogP contribution is 2.48. The molecule has 1 saturated carbocycles. The van der Waals surface area contributed by atoms with Gasteiger partial charge in [-0.1, -0.05) is 31.4 Å². The molecule has 0 spiro atoms. The molecular formula is C27H29F2N3O3. The first-order valence-corrected chi connectivity index (χ1v) is 12.4. The summed E-state index contributed by atoms with van der Waals surface area (Å²) in [7, 11) is 0. The van der Waals surface area contributed by atoms with Crippen LogP contribution >= 0.6 is 0 Å². The molecule has 1 fully saturated rings. The van der Waals surface area contributed by atoms with E-state index >= 15 is 0 Å². The number of hydrogen-bond acceptors (Lipinski definition) is 6. The summed E-state index contributed by atoms with van der Waals surface area (Å²) in [6.07, 6.45) is 5.17. The van der Waals surface area contributed by atoms with Crippen LogP contribution in [0.3, 0.4) is 0 Å². The molecule has 0 unspecified atom stereocenters. The molecule has 3 aromatic rings. The molecule has 0 bridgehead atoms. The summed E-state index contributed by atoms with van der Waals surface area (Å²) >= 11 is 0. The van der Waals surface area contributed by atoms with Crippen molar-refractivity contribution in [1.82, 2.24) is 9.97 Å². The van der Waals surface area contributed by atoms with Crippen molar-refractivity contribution in [2.24, 2.45) is 0 Å². The summed E-state index contributed by atoms with van der Waals surface area (Å²) in [4.78, 5) is 9.43. The van der Waals surface area contributed by atoms with Crippen molar-refractivity contribution in [3.63, 3.8) is 0 Å². The van der Waals surface area contributed by atoms with Gasteiger partial charge in [0.2, 0.25) is 0 Å². The van der Waals surface area contributed by atoms with Gasteiger partial charge in [0.25, 0.3) is 0 Å². The Hall–Kier alpha value is -3.00. The largest absolute Gasteiger partial charge is 0.492 e. The van der Waals surface area contributed by atoms with E-state index in [0.29, 0.717) is 36.7 Å². The second-order valence-electron chi connectivity index (χ2n) is 10.0. The highest BCUT2D eigenvalue weighted by atomic mass is 19.3. The smallest absolute Gasteiger partial charge is 0.310 e. The lowest BCUT2D eigenvalue weighted by Crippen LogP contribution is -2.29. The first kappa shape index (κ1) is 22.5. The minimum absolute atomic E-state index is 0.0795. The van der Waals surface area contributed by atoms with Gasteiger partial charge in [-0.25, -0.2) is 9.97 Å². The minimum Gasteiger partial charge on any atom is -0.492 e. The topological polar surface area (TPSA) is 76.5 Å². The average Bonchev–Trinajstić information content (AvgIpc) is 3.44. The summed E-state index contributed by atoms with van der Waals surface area (Å²) in [5, 5.41) is 15.8. The van der Waals surface area contributed by atoms with Gasteiger partial charge in [-0.2, -0.15) is 8.78 Å². The number of ether oxygens (including phenoxy) is 2. The summed E-state index contributed by atoms with van der Waals surface area (Å²) < 4.78 is 39.9. The molecule has 6 nitrogen and oxygen atoms in total. The third kappa shape index (κ3) is 3.61. The fraction of sp³-hybridized carbons (Fsp3) is 0.481. The average molecular weight is 482 g/mol. The molecule has 1 aromatic heterocycles. The maximum absolute atomic E-state index is 14.3. The Kier molecular flexibility index (Phi) is 5.14. The number of fused-ring (bicyclic) bond motifs is 4. The standard InChI is InChI=1S/C27H29F2N3O3/c1-15(17-7-6-8-20-23(17)35-14-27(20,28)29)30-25-19-13-21(26(33)10-4-3-5-11-26)24-18(9-12-34-24)22(19)31-16(2)32-25/h6-8,13,15,33H,3-5,9-12,14H2,1-2H3,(H,30,31,32)/t15-/m1/s1. The van der Waals surface area contributed by atoms with Crippen LogP contribution in [0.2, 0.25) is 0 Å². The van der Waals surface area contributed by atoms with Crippen molar-refractivity contribution in [1.29, 1.82) is 0 Å². The summed E-state index contributed by atoms with van der Waals surface area (Å²) in [5.41, 5.74) is 2.26. The summed E-state index contributed by atoms with van der Waals surface area (Å²) in [5.74, 6) is -0.785. The van der Waals surface area contributed by atoms with Gasteiger partial charge < -0.3 is 19.9 Å². The molecule has 1 aliphatic carbocycles. The van der Waals surface area contributed by atoms with Crippen molar-refractivity contribution in [2.45, 2.75) is 69.9 Å². The van der Waals surface area contributed by atoms with E-state index in [1.54, 1.807) is 12.1 Å². The van der Waals surface area contributed by atoms with Crippen molar-refractivity contribution in [2.75, 3.05) is 18.5 Å². The Morgan fingerprint density at radius 3 is 2.66 bits per heavy atom. The lowest BCUT2D eigenvalue weighted by Gasteiger charge is -2.34. The first-order valence-electron chi connectivity index (χ1n) is 12.4. The molecule has 0 saturated heterocycles. The number of anilines is 1. The van der Waals surface area contributed by atoms with Crippen molar-refractivity contribution < 1.29 is 23.4 Å². The molecule has 6 rings (SSSR count). The normalized spacial score (nSPS) is 20.6. The van der Waals surface area contributed by atoms with Gasteiger partial charge in [-0.05, 0) is 38.8 Å². The van der Waals surface area contributed by atoms with Crippen molar-refractivity contribution >= 4 is 16.7 Å². The van der Waals surface area contributed by atoms with Gasteiger partial charge in [0, 0.05) is 28.5 Å². The number of nitrogens with zero attached hydrogens (tertiary/aromatic N) is 2. The second kappa shape index (κ2) is 8.01. The predicted octanol–water partition coefficient (Wildman–Crippen LogP) is 5.68. The van der Waals surface area contributed by atoms with Gasteiger partial charge in [0.15, 0.2) is 6.61 Å². The molecule has 35 heavy (non-hydrogen) atoms. The fourth-order valence-corrected chi connectivity index (χ4v) is 5.81. The number of para-hydroxylation sites is 1. The Bertz CT molecular complexity index is 1320. The molecule has 2 N–H and O–H groups in total. The highest BCUT2D eigenvalue weighted by molar-refractivity contribution is 5.94. The second-order valence-corrected chi connectivity index (χ2v) is 10.0. The molecule has 184 valence electrons. The Morgan fingerprint density at radius 2 is 1.86 bits per heavy atom. The van der Waals surface area contributed by atoms with Crippen LogP contribution in [0.15, 0.2) is 24.3 Å². The van der Waals surface area contributed by atoms with E-state index in [9.17, 15) is 13.9 Å². The highest BCUT2D eigenvalue weighted by Gasteiger charge is 2.43. The maximum Gasteiger partial charge on any atom is 0.310 e. The van der Waals surface area contributed by atoms with E-state index in [0.717, 1.165) is 53.5 Å². The zero-order chi connectivity index (χ0) is 24.4. The van der Waals surface area contributed by atoms with Crippen LogP contribution in [0.4, 0.5) is 14.6 Å². The number of aromatic nitrogens is 2. The van der Waals surface area contributed by atoms with Crippen molar-refractivity contribution in [3.05, 3.63) is 52.3 Å². The molecule has 3 heterocycles. The lowest BCUT2D eigenvalue weighted by atomic mass is 9.78. The number of benzene rings is 2. The zero-order valence-corrected chi connectivity index (χ0v) is 20.0. The maximum atomic E-state index is 14.3. The van der Waals surface area contributed by atoms with E-state index in [4.69, 9.17) is 14.5 Å². The quantitative estimate of drug-likeness (QED) is 0.499. The van der Waals surface area contributed by atoms with Crippen molar-refractivity contribution in [3.8, 4) is 11.5 Å². The Labute approximate surface area is 202 Å². The molecular weight excluding hydrogens is 452 g/mol. The third-order valence-electron chi connectivity index (χ3n) is 7.59. The minimum atomic E-state index is -2.99. The number of aryl methyl sites for hydroxylation is 1. The van der Waals surface area contributed by atoms with Gasteiger partial charge in [-0.3, -0.25) is 0 Å². The number of nitrogens with one attached hydrogen (secondary N) is 1.